The Morgan fingerprint density at radius 1 is 1.03 bits per heavy atom. The molecule has 0 atom stereocenters. The summed E-state index contributed by atoms with van der Waals surface area (Å²) in [6, 6.07) is 16.9. The van der Waals surface area contributed by atoms with Gasteiger partial charge in [-0.25, -0.2) is 0 Å². The predicted octanol–water partition coefficient (Wildman–Crippen LogP) is 4.98. The fourth-order valence-corrected chi connectivity index (χ4v) is 3.80. The van der Waals surface area contributed by atoms with Gasteiger partial charge in [0.05, 0.1) is 6.54 Å². The number of rotatable bonds is 6. The number of halogens is 1. The zero-order chi connectivity index (χ0) is 22.5. The van der Waals surface area contributed by atoms with E-state index < -0.39 is 11.8 Å². The van der Waals surface area contributed by atoms with Crippen molar-refractivity contribution in [1.29, 1.82) is 5.26 Å². The van der Waals surface area contributed by atoms with Crippen molar-refractivity contribution in [3.63, 3.8) is 0 Å². The Balaban J connectivity index is 1.99. The lowest BCUT2D eigenvalue weighted by Crippen LogP contribution is -2.42. The molecule has 6 heteroatoms. The molecule has 5 nitrogen and oxygen atoms in total. The van der Waals surface area contributed by atoms with Crippen LogP contribution in [0, 0.1) is 11.3 Å². The van der Waals surface area contributed by atoms with Gasteiger partial charge in [-0.3, -0.25) is 14.5 Å². The van der Waals surface area contributed by atoms with Crippen LogP contribution in [-0.4, -0.2) is 29.8 Å². The lowest BCUT2D eigenvalue weighted by molar-refractivity contribution is -0.141. The van der Waals surface area contributed by atoms with Crippen molar-refractivity contribution in [3.8, 4) is 6.07 Å². The zero-order valence-electron chi connectivity index (χ0n) is 17.9. The molecule has 0 unspecified atom stereocenters. The van der Waals surface area contributed by atoms with Crippen LogP contribution in [0.4, 0.5) is 5.69 Å². The molecule has 0 saturated carbocycles. The first-order valence-electron chi connectivity index (χ1n) is 10.2. The standard InChI is InChI=1S/C25H24ClN3O2/c1-4-28(5-2)20-12-10-18(11-13-20)14-21-17(3)22(15-27)25(31)29(24(21)30)16-19-8-6-7-9-23(19)26/h6-14H,4-5,16H2,1-3H3/b21-14+. The SMILES string of the molecule is CCN(CC)c1ccc(/C=C2/C(=O)N(Cc3ccccc3Cl)C(=O)C(C#N)=C2C)cc1. The minimum atomic E-state index is -0.598. The number of benzene rings is 2. The van der Waals surface area contributed by atoms with Gasteiger partial charge in [0.2, 0.25) is 0 Å². The van der Waals surface area contributed by atoms with Crippen molar-refractivity contribution >= 4 is 35.2 Å². The molecule has 2 amide bonds. The largest absolute Gasteiger partial charge is 0.372 e. The van der Waals surface area contributed by atoms with E-state index in [4.69, 9.17) is 11.6 Å². The van der Waals surface area contributed by atoms with E-state index in [0.717, 1.165) is 29.2 Å². The maximum atomic E-state index is 13.2. The second kappa shape index (κ2) is 9.63. The topological polar surface area (TPSA) is 64.4 Å². The van der Waals surface area contributed by atoms with Gasteiger partial charge in [0, 0.05) is 29.4 Å². The van der Waals surface area contributed by atoms with Crippen molar-refractivity contribution < 1.29 is 9.59 Å². The van der Waals surface area contributed by atoms with Crippen LogP contribution in [0.25, 0.3) is 6.08 Å². The third-order valence-corrected chi connectivity index (χ3v) is 5.81. The van der Waals surface area contributed by atoms with Crippen LogP contribution in [0.15, 0.2) is 65.3 Å². The molecule has 0 spiro atoms. The van der Waals surface area contributed by atoms with E-state index >= 15 is 0 Å². The molecule has 1 aliphatic rings. The van der Waals surface area contributed by atoms with Crippen LogP contribution in [0.3, 0.4) is 0 Å². The fraction of sp³-hybridized carbons (Fsp3) is 0.240. The zero-order valence-corrected chi connectivity index (χ0v) is 18.6. The normalized spacial score (nSPS) is 15.5. The number of nitriles is 1. The number of hydrogen-bond donors (Lipinski definition) is 0. The number of hydrogen-bond acceptors (Lipinski definition) is 4. The molecule has 1 heterocycles. The Bertz CT molecular complexity index is 1110. The second-order valence-electron chi connectivity index (χ2n) is 7.22. The maximum Gasteiger partial charge on any atom is 0.271 e. The first kappa shape index (κ1) is 22.3. The molecule has 158 valence electrons. The summed E-state index contributed by atoms with van der Waals surface area (Å²) in [5.41, 5.74) is 3.26. The van der Waals surface area contributed by atoms with Crippen molar-refractivity contribution in [2.75, 3.05) is 18.0 Å². The van der Waals surface area contributed by atoms with Crippen molar-refractivity contribution in [3.05, 3.63) is 81.4 Å². The maximum absolute atomic E-state index is 13.2. The van der Waals surface area contributed by atoms with Gasteiger partial charge in [-0.15, -0.1) is 0 Å². The van der Waals surface area contributed by atoms with Crippen LogP contribution >= 0.6 is 11.6 Å². The molecule has 0 aliphatic carbocycles. The van der Waals surface area contributed by atoms with Crippen LogP contribution < -0.4 is 4.90 Å². The number of carbonyl (C=O) groups excluding carboxylic acids is 2. The molecule has 0 fully saturated rings. The summed E-state index contributed by atoms with van der Waals surface area (Å²) in [7, 11) is 0. The van der Waals surface area contributed by atoms with Crippen molar-refractivity contribution in [2.24, 2.45) is 0 Å². The molecule has 0 N–H and O–H groups in total. The van der Waals surface area contributed by atoms with E-state index in [-0.39, 0.29) is 12.1 Å². The van der Waals surface area contributed by atoms with Crippen LogP contribution in [0.2, 0.25) is 5.02 Å². The van der Waals surface area contributed by atoms with Crippen molar-refractivity contribution in [2.45, 2.75) is 27.3 Å². The molecular weight excluding hydrogens is 410 g/mol. The Morgan fingerprint density at radius 2 is 1.68 bits per heavy atom. The monoisotopic (exact) mass is 433 g/mol. The minimum Gasteiger partial charge on any atom is -0.372 e. The van der Waals surface area contributed by atoms with Gasteiger partial charge in [-0.2, -0.15) is 5.26 Å². The highest BCUT2D eigenvalue weighted by Crippen LogP contribution is 2.29. The van der Waals surface area contributed by atoms with Gasteiger partial charge >= 0.3 is 0 Å². The van der Waals surface area contributed by atoms with Gasteiger partial charge in [0.1, 0.15) is 11.6 Å². The number of carbonyl (C=O) groups is 2. The third-order valence-electron chi connectivity index (χ3n) is 5.44. The summed E-state index contributed by atoms with van der Waals surface area (Å²) >= 11 is 6.22. The molecule has 1 aliphatic heterocycles. The summed E-state index contributed by atoms with van der Waals surface area (Å²) in [4.78, 5) is 29.4. The van der Waals surface area contributed by atoms with Crippen LogP contribution in [-0.2, 0) is 16.1 Å². The Labute approximate surface area is 187 Å². The second-order valence-corrected chi connectivity index (χ2v) is 7.63. The average molecular weight is 434 g/mol. The Hall–Kier alpha value is -3.36. The first-order valence-corrected chi connectivity index (χ1v) is 10.6. The molecule has 3 rings (SSSR count). The highest BCUT2D eigenvalue weighted by atomic mass is 35.5. The number of nitrogens with zero attached hydrogens (tertiary/aromatic N) is 3. The molecule has 31 heavy (non-hydrogen) atoms. The van der Waals surface area contributed by atoms with Crippen LogP contribution in [0.1, 0.15) is 31.9 Å². The van der Waals surface area contributed by atoms with Gasteiger partial charge in [-0.05, 0) is 61.7 Å². The van der Waals surface area contributed by atoms with E-state index in [0.29, 0.717) is 21.7 Å². The number of imide groups is 1. The smallest absolute Gasteiger partial charge is 0.271 e. The van der Waals surface area contributed by atoms with E-state index in [1.165, 1.54) is 0 Å². The predicted molar refractivity (Wildman–Crippen MR) is 123 cm³/mol. The Morgan fingerprint density at radius 3 is 2.26 bits per heavy atom. The summed E-state index contributed by atoms with van der Waals surface area (Å²) in [5.74, 6) is -1.03. The lowest BCUT2D eigenvalue weighted by Gasteiger charge is -2.28. The first-order chi connectivity index (χ1) is 14.9. The molecule has 2 aromatic carbocycles. The van der Waals surface area contributed by atoms with Crippen LogP contribution in [0.5, 0.6) is 0 Å². The summed E-state index contributed by atoms with van der Waals surface area (Å²) in [6.45, 7) is 7.65. The Kier molecular flexibility index (Phi) is 6.94. The highest BCUT2D eigenvalue weighted by molar-refractivity contribution is 6.31. The van der Waals surface area contributed by atoms with Gasteiger partial charge in [0.25, 0.3) is 11.8 Å². The van der Waals surface area contributed by atoms with E-state index in [2.05, 4.69) is 18.7 Å². The molecule has 0 saturated heterocycles. The summed E-state index contributed by atoms with van der Waals surface area (Å²) < 4.78 is 0. The third kappa shape index (κ3) is 4.55. The molecule has 0 bridgehead atoms. The minimum absolute atomic E-state index is 0.00797. The number of amides is 2. The van der Waals surface area contributed by atoms with E-state index in [1.807, 2.05) is 30.3 Å². The lowest BCUT2D eigenvalue weighted by atomic mass is 9.93. The summed E-state index contributed by atoms with van der Waals surface area (Å²) in [5, 5.41) is 10.0. The molecular formula is C25H24ClN3O2. The molecule has 2 aromatic rings. The number of anilines is 1. The molecule has 0 radical (unpaired) electrons. The van der Waals surface area contributed by atoms with E-state index in [1.54, 1.807) is 37.3 Å². The van der Waals surface area contributed by atoms with Gasteiger partial charge in [-0.1, -0.05) is 41.9 Å². The molecule has 0 aromatic heterocycles. The van der Waals surface area contributed by atoms with Gasteiger partial charge in [0.15, 0.2) is 0 Å². The van der Waals surface area contributed by atoms with Gasteiger partial charge < -0.3 is 4.90 Å². The fourth-order valence-electron chi connectivity index (χ4n) is 3.61. The van der Waals surface area contributed by atoms with E-state index in [9.17, 15) is 14.9 Å². The average Bonchev–Trinajstić information content (AvgIpc) is 2.77. The quantitative estimate of drug-likeness (QED) is 0.476. The highest BCUT2D eigenvalue weighted by Gasteiger charge is 2.35. The van der Waals surface area contributed by atoms with Crippen molar-refractivity contribution in [1.82, 2.24) is 4.90 Å². The summed E-state index contributed by atoms with van der Waals surface area (Å²) in [6.07, 6.45) is 1.73.